The Morgan fingerprint density at radius 2 is 1.77 bits per heavy atom. The topological polar surface area (TPSA) is 99.9 Å². The number of hydrogen-bond donors (Lipinski definition) is 1. The lowest BCUT2D eigenvalue weighted by atomic mass is 10.1. The molecule has 1 N–H and O–H groups in total. The number of nitrogens with zero attached hydrogens (tertiary/aromatic N) is 4. The number of alkyl halides is 3. The van der Waals surface area contributed by atoms with E-state index in [-0.39, 0.29) is 50.6 Å². The van der Waals surface area contributed by atoms with Gasteiger partial charge in [0.05, 0.1) is 38.9 Å². The molecule has 0 unspecified atom stereocenters. The van der Waals surface area contributed by atoms with Crippen LogP contribution in [0.1, 0.15) is 16.1 Å². The van der Waals surface area contributed by atoms with Crippen molar-refractivity contribution in [3.05, 3.63) is 59.1 Å². The van der Waals surface area contributed by atoms with Crippen LogP contribution >= 0.6 is 11.6 Å². The molecular weight excluding hydrogens is 491 g/mol. The molecule has 3 heterocycles. The van der Waals surface area contributed by atoms with E-state index in [1.807, 2.05) is 0 Å². The van der Waals surface area contributed by atoms with Gasteiger partial charge < -0.3 is 19.5 Å². The first-order valence-electron chi connectivity index (χ1n) is 9.86. The minimum Gasteiger partial charge on any atom is -0.493 e. The summed E-state index contributed by atoms with van der Waals surface area (Å²) in [7, 11) is 4.15. The van der Waals surface area contributed by atoms with E-state index in [2.05, 4.69) is 20.4 Å². The zero-order valence-corrected chi connectivity index (χ0v) is 19.2. The van der Waals surface area contributed by atoms with Crippen LogP contribution in [-0.2, 0) is 6.18 Å². The number of aromatic nitrogens is 4. The molecule has 13 heteroatoms. The van der Waals surface area contributed by atoms with Crippen molar-refractivity contribution in [1.82, 2.24) is 19.6 Å². The maximum absolute atomic E-state index is 13.9. The Balaban J connectivity index is 1.90. The third-order valence-electron chi connectivity index (χ3n) is 4.97. The molecule has 0 aliphatic heterocycles. The molecule has 0 bridgehead atoms. The van der Waals surface area contributed by atoms with E-state index in [0.717, 1.165) is 12.3 Å². The molecule has 0 aliphatic rings. The summed E-state index contributed by atoms with van der Waals surface area (Å²) < 4.78 is 58.3. The Hall–Kier alpha value is -4.06. The number of pyridine rings is 1. The molecule has 1 aromatic carbocycles. The number of hydrogen-bond acceptors (Lipinski definition) is 7. The molecule has 35 heavy (non-hydrogen) atoms. The summed E-state index contributed by atoms with van der Waals surface area (Å²) in [6.07, 6.45) is -2.38. The number of amides is 1. The number of methoxy groups -OCH3 is 3. The largest absolute Gasteiger partial charge is 0.493 e. The number of anilines is 1. The second kappa shape index (κ2) is 9.29. The molecule has 0 fully saturated rings. The number of fused-ring (bicyclic) bond motifs is 1. The van der Waals surface area contributed by atoms with Crippen LogP contribution in [0.5, 0.6) is 17.2 Å². The predicted octanol–water partition coefficient (Wildman–Crippen LogP) is 4.74. The summed E-state index contributed by atoms with van der Waals surface area (Å²) in [5.41, 5.74) is -1.35. The molecule has 0 saturated heterocycles. The Morgan fingerprint density at radius 1 is 1.09 bits per heavy atom. The van der Waals surface area contributed by atoms with E-state index in [1.54, 1.807) is 6.07 Å². The summed E-state index contributed by atoms with van der Waals surface area (Å²) in [6, 6.07) is 6.76. The summed E-state index contributed by atoms with van der Waals surface area (Å²) in [5.74, 6) is -0.0734. The molecule has 0 spiro atoms. The third-order valence-corrected chi connectivity index (χ3v) is 5.28. The molecule has 0 saturated carbocycles. The summed E-state index contributed by atoms with van der Waals surface area (Å²) in [5, 5.41) is 6.28. The fraction of sp³-hybridized carbons (Fsp3) is 0.182. The first kappa shape index (κ1) is 24.1. The van der Waals surface area contributed by atoms with Gasteiger partial charge in [-0.3, -0.25) is 4.79 Å². The van der Waals surface area contributed by atoms with Gasteiger partial charge in [0.1, 0.15) is 5.56 Å². The van der Waals surface area contributed by atoms with Crippen LogP contribution in [0.2, 0.25) is 5.15 Å². The Bertz CT molecular complexity index is 1400. The minimum atomic E-state index is -4.80. The Labute approximate surface area is 201 Å². The number of nitrogens with one attached hydrogen (secondary N) is 1. The quantitative estimate of drug-likeness (QED) is 0.376. The third kappa shape index (κ3) is 4.52. The number of halogens is 4. The fourth-order valence-corrected chi connectivity index (χ4v) is 3.54. The number of ether oxygens (including phenoxy) is 3. The van der Waals surface area contributed by atoms with Crippen molar-refractivity contribution in [1.29, 1.82) is 0 Å². The molecule has 4 rings (SSSR count). The van der Waals surface area contributed by atoms with Gasteiger partial charge in [0.25, 0.3) is 5.91 Å². The fourth-order valence-electron chi connectivity index (χ4n) is 3.37. The Kier molecular flexibility index (Phi) is 6.39. The van der Waals surface area contributed by atoms with E-state index < -0.39 is 17.8 Å². The van der Waals surface area contributed by atoms with E-state index in [0.29, 0.717) is 4.52 Å². The van der Waals surface area contributed by atoms with Crippen LogP contribution in [0, 0.1) is 0 Å². The number of benzene rings is 1. The minimum absolute atomic E-state index is 0.0133. The smallest absolute Gasteiger partial charge is 0.433 e. The lowest BCUT2D eigenvalue weighted by molar-refractivity contribution is -0.142. The maximum Gasteiger partial charge on any atom is 0.433 e. The van der Waals surface area contributed by atoms with Gasteiger partial charge in [-0.2, -0.15) is 18.3 Å². The monoisotopic (exact) mass is 507 g/mol. The van der Waals surface area contributed by atoms with Crippen molar-refractivity contribution in [3.8, 4) is 28.5 Å². The standard InChI is InChI=1S/C22H17ClF3N5O4/c1-33-15-7-11(8-16(34-2)18(15)35-3)14-9-17(22(24,25)26)31-20(29-14)12(10-28-31)21(32)30-13-5-4-6-27-19(13)23/h4-10H,1-3H3,(H,30,32). The van der Waals surface area contributed by atoms with Gasteiger partial charge in [-0.05, 0) is 30.3 Å². The molecule has 1 amide bonds. The molecule has 3 aromatic heterocycles. The summed E-state index contributed by atoms with van der Waals surface area (Å²) in [6.45, 7) is 0. The van der Waals surface area contributed by atoms with Gasteiger partial charge >= 0.3 is 6.18 Å². The SMILES string of the molecule is COc1cc(-c2cc(C(F)(F)F)n3ncc(C(=O)Nc4cccnc4Cl)c3n2)cc(OC)c1OC. The predicted molar refractivity (Wildman–Crippen MR) is 120 cm³/mol. The van der Waals surface area contributed by atoms with Crippen LogP contribution in [0.15, 0.2) is 42.7 Å². The highest BCUT2D eigenvalue weighted by molar-refractivity contribution is 6.32. The lowest BCUT2D eigenvalue weighted by Crippen LogP contribution is -2.16. The molecular formula is C22H17ClF3N5O4. The molecule has 9 nitrogen and oxygen atoms in total. The highest BCUT2D eigenvalue weighted by Gasteiger charge is 2.36. The molecule has 4 aromatic rings. The molecule has 0 radical (unpaired) electrons. The normalized spacial score (nSPS) is 11.4. The van der Waals surface area contributed by atoms with Gasteiger partial charge in [-0.15, -0.1) is 0 Å². The average Bonchev–Trinajstić information content (AvgIpc) is 3.27. The van der Waals surface area contributed by atoms with Crippen LogP contribution < -0.4 is 19.5 Å². The number of rotatable bonds is 6. The van der Waals surface area contributed by atoms with Crippen molar-refractivity contribution in [2.45, 2.75) is 6.18 Å². The highest BCUT2D eigenvalue weighted by atomic mass is 35.5. The second-order valence-corrected chi connectivity index (χ2v) is 7.39. The van der Waals surface area contributed by atoms with Crippen molar-refractivity contribution < 1.29 is 32.2 Å². The second-order valence-electron chi connectivity index (χ2n) is 7.03. The van der Waals surface area contributed by atoms with E-state index in [4.69, 9.17) is 25.8 Å². The molecule has 182 valence electrons. The van der Waals surface area contributed by atoms with Crippen molar-refractivity contribution in [2.75, 3.05) is 26.6 Å². The van der Waals surface area contributed by atoms with Gasteiger partial charge in [-0.1, -0.05) is 11.6 Å². The van der Waals surface area contributed by atoms with E-state index in [1.165, 1.54) is 45.7 Å². The van der Waals surface area contributed by atoms with Crippen LogP contribution in [-0.4, -0.2) is 46.8 Å². The van der Waals surface area contributed by atoms with Gasteiger partial charge in [0.2, 0.25) is 5.75 Å². The molecule has 0 atom stereocenters. The first-order chi connectivity index (χ1) is 16.7. The number of carbonyl (C=O) groups excluding carboxylic acids is 1. The molecule has 0 aliphatic carbocycles. The van der Waals surface area contributed by atoms with Gasteiger partial charge in [0.15, 0.2) is 28.0 Å². The van der Waals surface area contributed by atoms with E-state index >= 15 is 0 Å². The van der Waals surface area contributed by atoms with Crippen molar-refractivity contribution in [3.63, 3.8) is 0 Å². The zero-order valence-electron chi connectivity index (χ0n) is 18.5. The summed E-state index contributed by atoms with van der Waals surface area (Å²) in [4.78, 5) is 21.1. The first-order valence-corrected chi connectivity index (χ1v) is 10.2. The average molecular weight is 508 g/mol. The highest BCUT2D eigenvalue weighted by Crippen LogP contribution is 2.42. The lowest BCUT2D eigenvalue weighted by Gasteiger charge is -2.15. The number of carbonyl (C=O) groups is 1. The zero-order chi connectivity index (χ0) is 25.3. The Morgan fingerprint density at radius 3 is 2.34 bits per heavy atom. The van der Waals surface area contributed by atoms with Crippen LogP contribution in [0.3, 0.4) is 0 Å². The van der Waals surface area contributed by atoms with Crippen molar-refractivity contribution >= 4 is 28.8 Å². The van der Waals surface area contributed by atoms with Crippen LogP contribution in [0.4, 0.5) is 18.9 Å². The maximum atomic E-state index is 13.9. The van der Waals surface area contributed by atoms with Crippen molar-refractivity contribution in [2.24, 2.45) is 0 Å². The van der Waals surface area contributed by atoms with Gasteiger partial charge in [0, 0.05) is 11.8 Å². The van der Waals surface area contributed by atoms with Gasteiger partial charge in [-0.25, -0.2) is 14.5 Å². The van der Waals surface area contributed by atoms with E-state index in [9.17, 15) is 18.0 Å². The summed E-state index contributed by atoms with van der Waals surface area (Å²) >= 11 is 5.98. The van der Waals surface area contributed by atoms with Crippen LogP contribution in [0.25, 0.3) is 16.9 Å².